The van der Waals surface area contributed by atoms with Gasteiger partial charge in [-0.1, -0.05) is 24.3 Å². The first-order valence-electron chi connectivity index (χ1n) is 6.31. The normalized spacial score (nSPS) is 10.2. The lowest BCUT2D eigenvalue weighted by molar-refractivity contribution is 0.284. The molecule has 1 aromatic carbocycles. The second-order valence-corrected chi connectivity index (χ2v) is 4.07. The van der Waals surface area contributed by atoms with Crippen LogP contribution in [-0.4, -0.2) is 18.3 Å². The van der Waals surface area contributed by atoms with Crippen LogP contribution in [0.4, 0.5) is 0 Å². The van der Waals surface area contributed by atoms with E-state index in [-0.39, 0.29) is 6.61 Å². The summed E-state index contributed by atoms with van der Waals surface area (Å²) >= 11 is 0. The van der Waals surface area contributed by atoms with Crippen molar-refractivity contribution in [2.45, 2.75) is 32.1 Å². The zero-order valence-corrected chi connectivity index (χ0v) is 10.4. The molecule has 0 heterocycles. The monoisotopic (exact) mass is 234 g/mol. The number of rotatable bonds is 9. The van der Waals surface area contributed by atoms with E-state index < -0.39 is 0 Å². The minimum atomic E-state index is 0.166. The maximum absolute atomic E-state index is 8.95. The Morgan fingerprint density at radius 2 is 2.00 bits per heavy atom. The zero-order chi connectivity index (χ0) is 12.3. The minimum Gasteiger partial charge on any atom is -0.493 e. The molecular formula is C15H22O2. The highest BCUT2D eigenvalue weighted by atomic mass is 16.5. The van der Waals surface area contributed by atoms with Crippen LogP contribution in [0.15, 0.2) is 36.9 Å². The number of benzene rings is 1. The van der Waals surface area contributed by atoms with Gasteiger partial charge in [-0.05, 0) is 43.7 Å². The molecule has 0 aromatic heterocycles. The molecule has 0 aliphatic heterocycles. The van der Waals surface area contributed by atoms with E-state index in [2.05, 4.69) is 6.58 Å². The van der Waals surface area contributed by atoms with E-state index >= 15 is 0 Å². The Labute approximate surface area is 104 Å². The molecule has 0 atom stereocenters. The van der Waals surface area contributed by atoms with Gasteiger partial charge in [0.2, 0.25) is 0 Å². The summed E-state index contributed by atoms with van der Waals surface area (Å²) in [5, 5.41) is 8.95. The first-order valence-corrected chi connectivity index (χ1v) is 6.31. The average Bonchev–Trinajstić information content (AvgIpc) is 2.36. The molecule has 0 aliphatic carbocycles. The highest BCUT2D eigenvalue weighted by Crippen LogP contribution is 2.18. The molecule has 0 saturated heterocycles. The Morgan fingerprint density at radius 1 is 1.18 bits per heavy atom. The van der Waals surface area contributed by atoms with Crippen molar-refractivity contribution in [1.82, 2.24) is 0 Å². The van der Waals surface area contributed by atoms with E-state index in [9.17, 15) is 0 Å². The van der Waals surface area contributed by atoms with Gasteiger partial charge in [-0.2, -0.15) is 0 Å². The number of ether oxygens (including phenoxy) is 1. The van der Waals surface area contributed by atoms with Crippen molar-refractivity contribution in [2.75, 3.05) is 13.2 Å². The summed E-state index contributed by atoms with van der Waals surface area (Å²) in [7, 11) is 0. The highest BCUT2D eigenvalue weighted by Gasteiger charge is 2.01. The van der Waals surface area contributed by atoms with Crippen LogP contribution in [0.25, 0.3) is 0 Å². The van der Waals surface area contributed by atoms with E-state index in [0.717, 1.165) is 30.8 Å². The lowest BCUT2D eigenvalue weighted by atomic mass is 10.1. The largest absolute Gasteiger partial charge is 0.493 e. The van der Waals surface area contributed by atoms with Gasteiger partial charge < -0.3 is 9.84 Å². The summed E-state index contributed by atoms with van der Waals surface area (Å²) in [5.41, 5.74) is 1.08. The predicted octanol–water partition coefficient (Wildman–Crippen LogP) is 3.35. The number of unbranched alkanes of at least 4 members (excludes halogenated alkanes) is 3. The number of hydrogen-bond acceptors (Lipinski definition) is 2. The van der Waals surface area contributed by atoms with Gasteiger partial charge in [0.1, 0.15) is 5.75 Å². The number of allylic oxidation sites excluding steroid dienone is 1. The van der Waals surface area contributed by atoms with Crippen LogP contribution in [0.3, 0.4) is 0 Å². The molecule has 1 aromatic rings. The second-order valence-electron chi connectivity index (χ2n) is 4.07. The van der Waals surface area contributed by atoms with E-state index in [1.54, 1.807) is 0 Å². The Bertz CT molecular complexity index is 320. The fourth-order valence-electron chi connectivity index (χ4n) is 1.72. The molecule has 94 valence electrons. The van der Waals surface area contributed by atoms with Crippen molar-refractivity contribution in [3.8, 4) is 5.75 Å². The molecule has 0 bridgehead atoms. The smallest absolute Gasteiger partial charge is 0.122 e. The highest BCUT2D eigenvalue weighted by molar-refractivity contribution is 5.33. The minimum absolute atomic E-state index is 0.166. The van der Waals surface area contributed by atoms with Crippen LogP contribution in [0.2, 0.25) is 0 Å². The van der Waals surface area contributed by atoms with Crippen LogP contribution in [0.1, 0.15) is 31.2 Å². The van der Waals surface area contributed by atoms with Gasteiger partial charge in [0.25, 0.3) is 0 Å². The molecule has 0 unspecified atom stereocenters. The molecule has 0 fully saturated rings. The van der Waals surface area contributed by atoms with Crippen LogP contribution in [-0.2, 0) is 6.42 Å². The number of aliphatic hydroxyl groups excluding tert-OH is 1. The Hall–Kier alpha value is -1.28. The Kier molecular flexibility index (Phi) is 7.15. The second kappa shape index (κ2) is 8.82. The van der Waals surface area contributed by atoms with Crippen molar-refractivity contribution in [2.24, 2.45) is 0 Å². The molecule has 0 amide bonds. The van der Waals surface area contributed by atoms with E-state index in [0.29, 0.717) is 6.42 Å². The average molecular weight is 234 g/mol. The Balaban J connectivity index is 2.28. The van der Waals surface area contributed by atoms with E-state index in [1.165, 1.54) is 12.8 Å². The molecule has 1 N–H and O–H groups in total. The number of aliphatic hydroxyl groups is 1. The third kappa shape index (κ3) is 5.55. The topological polar surface area (TPSA) is 29.5 Å². The van der Waals surface area contributed by atoms with Crippen LogP contribution in [0, 0.1) is 0 Å². The van der Waals surface area contributed by atoms with Gasteiger partial charge in [-0.15, -0.1) is 6.58 Å². The molecule has 0 aliphatic rings. The fraction of sp³-hybridized carbons (Fsp3) is 0.467. The van der Waals surface area contributed by atoms with Gasteiger partial charge >= 0.3 is 0 Å². The van der Waals surface area contributed by atoms with Gasteiger partial charge in [0.15, 0.2) is 0 Å². The van der Waals surface area contributed by atoms with Crippen LogP contribution in [0.5, 0.6) is 5.75 Å². The standard InChI is InChI=1S/C15H22O2/c1-2-3-4-5-8-13-17-15-10-7-6-9-14(15)11-12-16/h2,6-7,9-10,16H,1,3-5,8,11-13H2. The van der Waals surface area contributed by atoms with Crippen molar-refractivity contribution >= 4 is 0 Å². The molecule has 2 nitrogen and oxygen atoms in total. The van der Waals surface area contributed by atoms with Crippen LogP contribution < -0.4 is 4.74 Å². The lowest BCUT2D eigenvalue weighted by Crippen LogP contribution is -2.01. The first kappa shape index (κ1) is 13.8. The third-order valence-corrected chi connectivity index (χ3v) is 2.66. The third-order valence-electron chi connectivity index (χ3n) is 2.66. The quantitative estimate of drug-likeness (QED) is 0.524. The van der Waals surface area contributed by atoms with Crippen molar-refractivity contribution in [3.05, 3.63) is 42.5 Å². The van der Waals surface area contributed by atoms with E-state index in [4.69, 9.17) is 9.84 Å². The molecule has 0 radical (unpaired) electrons. The summed E-state index contributed by atoms with van der Waals surface area (Å²) < 4.78 is 5.73. The molecule has 0 spiro atoms. The molecular weight excluding hydrogens is 212 g/mol. The van der Waals surface area contributed by atoms with Gasteiger partial charge in [0, 0.05) is 6.61 Å². The van der Waals surface area contributed by atoms with Gasteiger partial charge in [-0.3, -0.25) is 0 Å². The summed E-state index contributed by atoms with van der Waals surface area (Å²) in [5.74, 6) is 0.908. The van der Waals surface area contributed by atoms with Gasteiger partial charge in [0.05, 0.1) is 6.61 Å². The predicted molar refractivity (Wildman–Crippen MR) is 71.4 cm³/mol. The first-order chi connectivity index (χ1) is 8.38. The molecule has 1 rings (SSSR count). The van der Waals surface area contributed by atoms with Crippen molar-refractivity contribution in [3.63, 3.8) is 0 Å². The lowest BCUT2D eigenvalue weighted by Gasteiger charge is -2.10. The summed E-state index contributed by atoms with van der Waals surface area (Å²) in [4.78, 5) is 0. The number of para-hydroxylation sites is 1. The molecule has 17 heavy (non-hydrogen) atoms. The summed E-state index contributed by atoms with van der Waals surface area (Å²) in [6, 6.07) is 7.91. The fourth-order valence-corrected chi connectivity index (χ4v) is 1.72. The SMILES string of the molecule is C=CCCCCCOc1ccccc1CCO. The Morgan fingerprint density at radius 3 is 2.76 bits per heavy atom. The maximum atomic E-state index is 8.95. The zero-order valence-electron chi connectivity index (χ0n) is 10.4. The van der Waals surface area contributed by atoms with Gasteiger partial charge in [-0.25, -0.2) is 0 Å². The van der Waals surface area contributed by atoms with Crippen LogP contribution >= 0.6 is 0 Å². The molecule has 0 saturated carbocycles. The van der Waals surface area contributed by atoms with Crippen molar-refractivity contribution in [1.29, 1.82) is 0 Å². The molecule has 2 heteroatoms. The number of hydrogen-bond donors (Lipinski definition) is 1. The van der Waals surface area contributed by atoms with Crippen molar-refractivity contribution < 1.29 is 9.84 Å². The summed E-state index contributed by atoms with van der Waals surface area (Å²) in [6.07, 6.45) is 7.13. The summed E-state index contributed by atoms with van der Waals surface area (Å²) in [6.45, 7) is 4.62. The van der Waals surface area contributed by atoms with E-state index in [1.807, 2.05) is 30.3 Å². The maximum Gasteiger partial charge on any atom is 0.122 e.